The van der Waals surface area contributed by atoms with Crippen LogP contribution in [0, 0.1) is 0 Å². The van der Waals surface area contributed by atoms with Crippen LogP contribution in [-0.4, -0.2) is 19.9 Å². The lowest BCUT2D eigenvalue weighted by Crippen LogP contribution is -2.05. The molecular formula is C12H14ClN3O. The first-order valence-electron chi connectivity index (χ1n) is 5.55. The molecule has 0 saturated heterocycles. The molecule has 90 valence electrons. The Bertz CT molecular complexity index is 493. The number of aliphatic hydroxyl groups excluding tert-OH is 1. The first-order valence-corrected chi connectivity index (χ1v) is 5.93. The number of hydrogen-bond donors (Lipinski definition) is 1. The van der Waals surface area contributed by atoms with Gasteiger partial charge in [0.15, 0.2) is 11.6 Å². The number of benzene rings is 1. The molecule has 0 fully saturated rings. The Morgan fingerprint density at radius 1 is 1.24 bits per heavy atom. The molecule has 0 spiro atoms. The Morgan fingerprint density at radius 2 is 1.94 bits per heavy atom. The van der Waals surface area contributed by atoms with Gasteiger partial charge in [-0.15, -0.1) is 10.2 Å². The fourth-order valence-electron chi connectivity index (χ4n) is 1.72. The van der Waals surface area contributed by atoms with Crippen LogP contribution in [0.1, 0.15) is 19.2 Å². The van der Waals surface area contributed by atoms with E-state index >= 15 is 0 Å². The van der Waals surface area contributed by atoms with Crippen LogP contribution in [0.25, 0.3) is 11.4 Å². The highest BCUT2D eigenvalue weighted by molar-refractivity contribution is 6.30. The van der Waals surface area contributed by atoms with E-state index in [0.29, 0.717) is 10.8 Å². The highest BCUT2D eigenvalue weighted by Gasteiger charge is 2.12. The van der Waals surface area contributed by atoms with E-state index in [1.165, 1.54) is 0 Å². The van der Waals surface area contributed by atoms with Crippen LogP contribution in [0.2, 0.25) is 5.02 Å². The summed E-state index contributed by atoms with van der Waals surface area (Å²) in [6.07, 6.45) is 0.964. The predicted molar refractivity (Wildman–Crippen MR) is 66.7 cm³/mol. The van der Waals surface area contributed by atoms with Gasteiger partial charge in [-0.05, 0) is 30.7 Å². The molecule has 0 bridgehead atoms. The lowest BCUT2D eigenvalue weighted by atomic mass is 10.2. The summed E-state index contributed by atoms with van der Waals surface area (Å²) >= 11 is 5.85. The fraction of sp³-hybridized carbons (Fsp3) is 0.333. The third kappa shape index (κ3) is 2.48. The van der Waals surface area contributed by atoms with Crippen molar-refractivity contribution in [2.45, 2.75) is 26.5 Å². The van der Waals surface area contributed by atoms with Gasteiger partial charge >= 0.3 is 0 Å². The van der Waals surface area contributed by atoms with E-state index in [-0.39, 0.29) is 6.61 Å². The van der Waals surface area contributed by atoms with Crippen molar-refractivity contribution in [3.63, 3.8) is 0 Å². The van der Waals surface area contributed by atoms with Crippen LogP contribution in [0.4, 0.5) is 0 Å². The van der Waals surface area contributed by atoms with E-state index in [0.717, 1.165) is 24.4 Å². The predicted octanol–water partition coefficient (Wildman–Crippen LogP) is 2.50. The van der Waals surface area contributed by atoms with Crippen LogP contribution < -0.4 is 0 Å². The van der Waals surface area contributed by atoms with Crippen molar-refractivity contribution in [3.05, 3.63) is 35.1 Å². The Balaban J connectivity index is 2.43. The molecule has 1 aromatic heterocycles. The third-order valence-corrected chi connectivity index (χ3v) is 2.77. The highest BCUT2D eigenvalue weighted by atomic mass is 35.5. The maximum Gasteiger partial charge on any atom is 0.164 e. The standard InChI is InChI=1S/C12H14ClN3O/c1-2-7-16-11(8-17)14-15-12(16)9-3-5-10(13)6-4-9/h3-6,17H,2,7-8H2,1H3. The second kappa shape index (κ2) is 5.29. The fourth-order valence-corrected chi connectivity index (χ4v) is 1.85. The minimum atomic E-state index is -0.0966. The van der Waals surface area contributed by atoms with Crippen LogP contribution in [0.3, 0.4) is 0 Å². The zero-order valence-corrected chi connectivity index (χ0v) is 10.4. The van der Waals surface area contributed by atoms with E-state index < -0.39 is 0 Å². The minimum Gasteiger partial charge on any atom is -0.388 e. The molecule has 2 rings (SSSR count). The van der Waals surface area contributed by atoms with Gasteiger partial charge in [0.1, 0.15) is 6.61 Å². The maximum atomic E-state index is 9.20. The normalized spacial score (nSPS) is 10.8. The summed E-state index contributed by atoms with van der Waals surface area (Å²) in [4.78, 5) is 0. The van der Waals surface area contributed by atoms with Gasteiger partial charge in [0.25, 0.3) is 0 Å². The minimum absolute atomic E-state index is 0.0966. The molecule has 0 aliphatic heterocycles. The van der Waals surface area contributed by atoms with Crippen molar-refractivity contribution in [1.82, 2.24) is 14.8 Å². The summed E-state index contributed by atoms with van der Waals surface area (Å²) < 4.78 is 1.93. The third-order valence-electron chi connectivity index (χ3n) is 2.52. The van der Waals surface area contributed by atoms with Gasteiger partial charge in [0.2, 0.25) is 0 Å². The largest absolute Gasteiger partial charge is 0.388 e. The molecule has 1 heterocycles. The van der Waals surface area contributed by atoms with E-state index in [1.54, 1.807) is 0 Å². The lowest BCUT2D eigenvalue weighted by Gasteiger charge is -2.07. The molecule has 0 saturated carbocycles. The van der Waals surface area contributed by atoms with Gasteiger partial charge in [0, 0.05) is 17.1 Å². The van der Waals surface area contributed by atoms with E-state index in [2.05, 4.69) is 17.1 Å². The molecule has 0 unspecified atom stereocenters. The number of rotatable bonds is 4. The maximum absolute atomic E-state index is 9.20. The Hall–Kier alpha value is -1.39. The average Bonchev–Trinajstić information content (AvgIpc) is 2.74. The van der Waals surface area contributed by atoms with E-state index in [1.807, 2.05) is 28.8 Å². The van der Waals surface area contributed by atoms with Gasteiger partial charge in [-0.25, -0.2) is 0 Å². The lowest BCUT2D eigenvalue weighted by molar-refractivity contribution is 0.264. The number of nitrogens with zero attached hydrogens (tertiary/aromatic N) is 3. The topological polar surface area (TPSA) is 50.9 Å². The number of hydrogen-bond acceptors (Lipinski definition) is 3. The number of aliphatic hydroxyl groups is 1. The van der Waals surface area contributed by atoms with Crippen molar-refractivity contribution in [2.75, 3.05) is 0 Å². The number of halogens is 1. The molecule has 0 amide bonds. The first-order chi connectivity index (χ1) is 8.26. The summed E-state index contributed by atoms with van der Waals surface area (Å²) in [5.74, 6) is 1.37. The molecule has 4 nitrogen and oxygen atoms in total. The quantitative estimate of drug-likeness (QED) is 0.908. The van der Waals surface area contributed by atoms with Crippen LogP contribution >= 0.6 is 11.6 Å². The molecule has 0 aliphatic rings. The van der Waals surface area contributed by atoms with E-state index in [9.17, 15) is 5.11 Å². The van der Waals surface area contributed by atoms with Gasteiger partial charge in [-0.1, -0.05) is 18.5 Å². The molecule has 0 radical (unpaired) electrons. The summed E-state index contributed by atoms with van der Waals surface area (Å²) in [6, 6.07) is 7.44. The molecule has 2 aromatic rings. The molecule has 5 heteroatoms. The monoisotopic (exact) mass is 251 g/mol. The second-order valence-corrected chi connectivity index (χ2v) is 4.19. The molecular weight excluding hydrogens is 238 g/mol. The van der Waals surface area contributed by atoms with Crippen LogP contribution in [-0.2, 0) is 13.2 Å². The molecule has 0 aliphatic carbocycles. The second-order valence-electron chi connectivity index (χ2n) is 3.76. The Kier molecular flexibility index (Phi) is 3.76. The summed E-state index contributed by atoms with van der Waals surface area (Å²) in [5.41, 5.74) is 0.954. The van der Waals surface area contributed by atoms with Gasteiger partial charge in [-0.3, -0.25) is 0 Å². The van der Waals surface area contributed by atoms with Crippen molar-refractivity contribution in [1.29, 1.82) is 0 Å². The molecule has 1 N–H and O–H groups in total. The van der Waals surface area contributed by atoms with Gasteiger partial charge in [-0.2, -0.15) is 0 Å². The summed E-state index contributed by atoms with van der Waals surface area (Å²) in [7, 11) is 0. The van der Waals surface area contributed by atoms with Crippen molar-refractivity contribution >= 4 is 11.6 Å². The first kappa shape index (κ1) is 12.1. The molecule has 17 heavy (non-hydrogen) atoms. The van der Waals surface area contributed by atoms with Gasteiger partial charge < -0.3 is 9.67 Å². The summed E-state index contributed by atoms with van der Waals surface area (Å²) in [5, 5.41) is 18.0. The SMILES string of the molecule is CCCn1c(CO)nnc1-c1ccc(Cl)cc1. The Labute approximate surface area is 105 Å². The molecule has 1 aromatic carbocycles. The van der Waals surface area contributed by atoms with Crippen molar-refractivity contribution in [3.8, 4) is 11.4 Å². The summed E-state index contributed by atoms with van der Waals surface area (Å²) in [6.45, 7) is 2.77. The van der Waals surface area contributed by atoms with Crippen molar-refractivity contribution in [2.24, 2.45) is 0 Å². The van der Waals surface area contributed by atoms with Crippen LogP contribution in [0.5, 0.6) is 0 Å². The Morgan fingerprint density at radius 3 is 2.53 bits per heavy atom. The smallest absolute Gasteiger partial charge is 0.164 e. The van der Waals surface area contributed by atoms with Gasteiger partial charge in [0.05, 0.1) is 0 Å². The van der Waals surface area contributed by atoms with Crippen LogP contribution in [0.15, 0.2) is 24.3 Å². The van der Waals surface area contributed by atoms with Crippen molar-refractivity contribution < 1.29 is 5.11 Å². The zero-order chi connectivity index (χ0) is 12.3. The highest BCUT2D eigenvalue weighted by Crippen LogP contribution is 2.21. The van der Waals surface area contributed by atoms with E-state index in [4.69, 9.17) is 11.6 Å². The molecule has 0 atom stereocenters. The number of aromatic nitrogens is 3. The average molecular weight is 252 g/mol. The zero-order valence-electron chi connectivity index (χ0n) is 9.60.